The summed E-state index contributed by atoms with van der Waals surface area (Å²) in [5.41, 5.74) is 6.53. The fourth-order valence-corrected chi connectivity index (χ4v) is 2.58. The highest BCUT2D eigenvalue weighted by molar-refractivity contribution is 7.99. The maximum Gasteiger partial charge on any atom is 0.219 e. The van der Waals surface area contributed by atoms with Crippen LogP contribution in [0.3, 0.4) is 0 Å². The number of hydrogen-bond acceptors (Lipinski definition) is 5. The van der Waals surface area contributed by atoms with Crippen LogP contribution in [0.5, 0.6) is 0 Å². The van der Waals surface area contributed by atoms with E-state index in [9.17, 15) is 8.78 Å². The molecule has 2 aromatic carbocycles. The Balaban J connectivity index is 2.02. The summed E-state index contributed by atoms with van der Waals surface area (Å²) >= 11 is 0.870. The summed E-state index contributed by atoms with van der Waals surface area (Å²) in [7, 11) is 0. The van der Waals surface area contributed by atoms with Crippen LogP contribution in [0.4, 0.5) is 14.5 Å². The number of benzene rings is 2. The van der Waals surface area contributed by atoms with E-state index in [4.69, 9.17) is 5.73 Å². The fraction of sp³-hybridized carbons (Fsp3) is 0. The highest BCUT2D eigenvalue weighted by atomic mass is 32.2. The number of hydrogen-bond donors (Lipinski definition) is 1. The quantitative estimate of drug-likeness (QED) is 0.753. The molecule has 21 heavy (non-hydrogen) atoms. The van der Waals surface area contributed by atoms with Gasteiger partial charge in [-0.2, -0.15) is 4.68 Å². The number of tetrazole rings is 1. The van der Waals surface area contributed by atoms with Crippen LogP contribution in [-0.4, -0.2) is 20.2 Å². The number of aromatic nitrogens is 4. The number of anilines is 1. The second-order valence-corrected chi connectivity index (χ2v) is 5.07. The molecule has 0 aliphatic carbocycles. The summed E-state index contributed by atoms with van der Waals surface area (Å²) in [6.07, 6.45) is 0. The summed E-state index contributed by atoms with van der Waals surface area (Å²) in [4.78, 5) is -0.0398. The Labute approximate surface area is 122 Å². The van der Waals surface area contributed by atoms with Crippen LogP contribution >= 0.6 is 11.8 Å². The summed E-state index contributed by atoms with van der Waals surface area (Å²) in [5, 5.41) is 11.5. The van der Waals surface area contributed by atoms with Crippen molar-refractivity contribution in [3.05, 3.63) is 54.1 Å². The van der Waals surface area contributed by atoms with Gasteiger partial charge in [0, 0.05) is 5.69 Å². The molecular weight excluding hydrogens is 296 g/mol. The first-order chi connectivity index (χ1) is 10.2. The van der Waals surface area contributed by atoms with Crippen molar-refractivity contribution in [2.24, 2.45) is 0 Å². The number of nitrogens with zero attached hydrogens (tertiary/aromatic N) is 4. The van der Waals surface area contributed by atoms with Gasteiger partial charge in [0.25, 0.3) is 0 Å². The Morgan fingerprint density at radius 2 is 1.81 bits per heavy atom. The molecule has 106 valence electrons. The van der Waals surface area contributed by atoms with E-state index >= 15 is 0 Å². The van der Waals surface area contributed by atoms with Crippen molar-refractivity contribution in [2.45, 2.75) is 10.1 Å². The maximum absolute atomic E-state index is 13.8. The molecule has 2 N–H and O–H groups in total. The average molecular weight is 305 g/mol. The predicted molar refractivity (Wildman–Crippen MR) is 74.0 cm³/mol. The van der Waals surface area contributed by atoms with Gasteiger partial charge in [-0.1, -0.05) is 18.2 Å². The van der Waals surface area contributed by atoms with Crippen LogP contribution in [-0.2, 0) is 0 Å². The van der Waals surface area contributed by atoms with Gasteiger partial charge in [-0.3, -0.25) is 0 Å². The highest BCUT2D eigenvalue weighted by Gasteiger charge is 2.17. The van der Waals surface area contributed by atoms with Gasteiger partial charge in [-0.15, -0.1) is 5.10 Å². The van der Waals surface area contributed by atoms with Gasteiger partial charge in [0.15, 0.2) is 11.6 Å². The molecule has 0 amide bonds. The molecule has 0 spiro atoms. The maximum atomic E-state index is 13.8. The van der Waals surface area contributed by atoms with Crippen molar-refractivity contribution in [3.63, 3.8) is 0 Å². The van der Waals surface area contributed by atoms with Gasteiger partial charge in [-0.25, -0.2) is 8.78 Å². The van der Waals surface area contributed by atoms with Gasteiger partial charge in [-0.05, 0) is 46.5 Å². The number of nitrogen functional groups attached to an aromatic ring is 1. The van der Waals surface area contributed by atoms with E-state index in [0.29, 0.717) is 5.69 Å². The SMILES string of the molecule is Nc1ccc(F)c(F)c1Sc1nnnn1-c1ccccc1. The van der Waals surface area contributed by atoms with Crippen LogP contribution in [0.1, 0.15) is 0 Å². The van der Waals surface area contributed by atoms with E-state index < -0.39 is 11.6 Å². The molecule has 5 nitrogen and oxygen atoms in total. The van der Waals surface area contributed by atoms with Gasteiger partial charge in [0.05, 0.1) is 10.6 Å². The Kier molecular flexibility index (Phi) is 3.53. The predicted octanol–water partition coefficient (Wildman–Crippen LogP) is 2.67. The number of rotatable bonds is 3. The minimum atomic E-state index is -1.01. The Morgan fingerprint density at radius 1 is 1.05 bits per heavy atom. The topological polar surface area (TPSA) is 69.6 Å². The second kappa shape index (κ2) is 5.49. The molecule has 3 rings (SSSR count). The number of para-hydroxylation sites is 1. The van der Waals surface area contributed by atoms with E-state index in [-0.39, 0.29) is 15.7 Å². The molecular formula is C13H9F2N5S. The first-order valence-corrected chi connectivity index (χ1v) is 6.73. The Bertz CT molecular complexity index is 775. The zero-order chi connectivity index (χ0) is 14.8. The van der Waals surface area contributed by atoms with Crippen molar-refractivity contribution < 1.29 is 8.78 Å². The molecule has 0 aliphatic rings. The lowest BCUT2D eigenvalue weighted by molar-refractivity contribution is 0.492. The largest absolute Gasteiger partial charge is 0.398 e. The van der Waals surface area contributed by atoms with Crippen LogP contribution < -0.4 is 5.73 Å². The first kappa shape index (κ1) is 13.5. The van der Waals surface area contributed by atoms with Crippen LogP contribution in [0.25, 0.3) is 5.69 Å². The van der Waals surface area contributed by atoms with Gasteiger partial charge < -0.3 is 5.73 Å². The number of halogens is 2. The normalized spacial score (nSPS) is 10.8. The molecule has 0 aliphatic heterocycles. The molecule has 0 bridgehead atoms. The Hall–Kier alpha value is -2.48. The highest BCUT2D eigenvalue weighted by Crippen LogP contribution is 2.34. The van der Waals surface area contributed by atoms with Crippen molar-refractivity contribution in [1.29, 1.82) is 0 Å². The zero-order valence-corrected chi connectivity index (χ0v) is 11.4. The van der Waals surface area contributed by atoms with Crippen molar-refractivity contribution >= 4 is 17.4 Å². The monoisotopic (exact) mass is 305 g/mol. The summed E-state index contributed by atoms with van der Waals surface area (Å²) in [6, 6.07) is 11.4. The van der Waals surface area contributed by atoms with E-state index in [1.807, 2.05) is 18.2 Å². The lowest BCUT2D eigenvalue weighted by atomic mass is 10.3. The van der Waals surface area contributed by atoms with Gasteiger partial charge >= 0.3 is 0 Å². The lowest BCUT2D eigenvalue weighted by Gasteiger charge is -2.07. The molecule has 0 atom stereocenters. The van der Waals surface area contributed by atoms with E-state index in [2.05, 4.69) is 15.5 Å². The van der Waals surface area contributed by atoms with Gasteiger partial charge in [0.1, 0.15) is 0 Å². The Morgan fingerprint density at radius 3 is 2.57 bits per heavy atom. The third kappa shape index (κ3) is 2.57. The third-order valence-electron chi connectivity index (χ3n) is 2.72. The molecule has 0 saturated heterocycles. The van der Waals surface area contributed by atoms with Crippen molar-refractivity contribution in [2.75, 3.05) is 5.73 Å². The standard InChI is InChI=1S/C13H9F2N5S/c14-9-6-7-10(16)12(11(9)15)21-13-17-18-19-20(13)8-4-2-1-3-5-8/h1-7H,16H2. The van der Waals surface area contributed by atoms with E-state index in [1.165, 1.54) is 10.7 Å². The lowest BCUT2D eigenvalue weighted by Crippen LogP contribution is -2.00. The molecule has 0 unspecified atom stereocenters. The third-order valence-corrected chi connectivity index (χ3v) is 3.77. The van der Waals surface area contributed by atoms with E-state index in [0.717, 1.165) is 17.8 Å². The van der Waals surface area contributed by atoms with Crippen LogP contribution in [0, 0.1) is 11.6 Å². The minimum Gasteiger partial charge on any atom is -0.398 e. The molecule has 1 heterocycles. The van der Waals surface area contributed by atoms with E-state index in [1.54, 1.807) is 12.1 Å². The zero-order valence-electron chi connectivity index (χ0n) is 10.6. The molecule has 0 fully saturated rings. The summed E-state index contributed by atoms with van der Waals surface area (Å²) in [6.45, 7) is 0. The second-order valence-electron chi connectivity index (χ2n) is 4.09. The average Bonchev–Trinajstić information content (AvgIpc) is 2.97. The van der Waals surface area contributed by atoms with Crippen LogP contribution in [0.15, 0.2) is 52.5 Å². The summed E-state index contributed by atoms with van der Waals surface area (Å²) in [5.74, 6) is -1.98. The first-order valence-electron chi connectivity index (χ1n) is 5.92. The molecule has 0 saturated carbocycles. The minimum absolute atomic E-state index is 0.0398. The molecule has 8 heteroatoms. The molecule has 0 radical (unpaired) electrons. The summed E-state index contributed by atoms with van der Waals surface area (Å²) < 4.78 is 28.6. The molecule has 1 aromatic heterocycles. The van der Waals surface area contributed by atoms with Crippen LogP contribution in [0.2, 0.25) is 0 Å². The van der Waals surface area contributed by atoms with Gasteiger partial charge in [0.2, 0.25) is 5.16 Å². The van der Waals surface area contributed by atoms with Crippen molar-refractivity contribution in [1.82, 2.24) is 20.2 Å². The van der Waals surface area contributed by atoms with Crippen molar-refractivity contribution in [3.8, 4) is 5.69 Å². The smallest absolute Gasteiger partial charge is 0.219 e. The molecule has 3 aromatic rings. The fourth-order valence-electron chi connectivity index (χ4n) is 1.72. The number of nitrogens with two attached hydrogens (primary N) is 1.